The SMILES string of the molecule is Cc1cc(O)c2c3c(c(=O)n(C)c2c1)CCCC3. The molecule has 0 fully saturated rings. The highest BCUT2D eigenvalue weighted by atomic mass is 16.3. The summed E-state index contributed by atoms with van der Waals surface area (Å²) in [6, 6.07) is 3.76. The van der Waals surface area contributed by atoms with E-state index < -0.39 is 0 Å². The normalized spacial score (nSPS) is 14.8. The number of aryl methyl sites for hydroxylation is 3. The van der Waals surface area contributed by atoms with Crippen molar-refractivity contribution in [2.45, 2.75) is 32.6 Å². The van der Waals surface area contributed by atoms with Gasteiger partial charge >= 0.3 is 0 Å². The predicted molar refractivity (Wildman–Crippen MR) is 72.2 cm³/mol. The van der Waals surface area contributed by atoms with Gasteiger partial charge in [0, 0.05) is 18.0 Å². The third-order valence-electron chi connectivity index (χ3n) is 3.93. The Morgan fingerprint density at radius 3 is 2.56 bits per heavy atom. The molecule has 0 atom stereocenters. The molecule has 1 aromatic carbocycles. The maximum Gasteiger partial charge on any atom is 0.254 e. The monoisotopic (exact) mass is 243 g/mol. The van der Waals surface area contributed by atoms with Gasteiger partial charge in [-0.15, -0.1) is 0 Å². The summed E-state index contributed by atoms with van der Waals surface area (Å²) in [7, 11) is 1.79. The standard InChI is InChI=1S/C15H17NO2/c1-9-7-12-14(13(17)8-9)10-5-3-4-6-11(10)15(18)16(12)2/h7-8,17H,3-6H2,1-2H3. The van der Waals surface area contributed by atoms with Gasteiger partial charge in [-0.25, -0.2) is 0 Å². The topological polar surface area (TPSA) is 42.2 Å². The molecule has 0 saturated carbocycles. The van der Waals surface area contributed by atoms with Crippen LogP contribution in [0.1, 0.15) is 29.5 Å². The minimum Gasteiger partial charge on any atom is -0.507 e. The molecular formula is C15H17NO2. The number of nitrogens with zero attached hydrogens (tertiary/aromatic N) is 1. The van der Waals surface area contributed by atoms with E-state index in [1.165, 1.54) is 0 Å². The van der Waals surface area contributed by atoms with Crippen molar-refractivity contribution < 1.29 is 5.11 Å². The number of hydrogen-bond donors (Lipinski definition) is 1. The highest BCUT2D eigenvalue weighted by molar-refractivity contribution is 5.90. The number of fused-ring (bicyclic) bond motifs is 3. The molecule has 18 heavy (non-hydrogen) atoms. The summed E-state index contributed by atoms with van der Waals surface area (Å²) >= 11 is 0. The zero-order chi connectivity index (χ0) is 12.9. The lowest BCUT2D eigenvalue weighted by atomic mass is 9.89. The first-order chi connectivity index (χ1) is 8.59. The largest absolute Gasteiger partial charge is 0.507 e. The fourth-order valence-corrected chi connectivity index (χ4v) is 3.05. The lowest BCUT2D eigenvalue weighted by Gasteiger charge is -2.20. The third-order valence-corrected chi connectivity index (χ3v) is 3.93. The molecule has 0 spiro atoms. The van der Waals surface area contributed by atoms with Crippen molar-refractivity contribution in [3.8, 4) is 5.75 Å². The van der Waals surface area contributed by atoms with Gasteiger partial charge in [-0.2, -0.15) is 0 Å². The van der Waals surface area contributed by atoms with Crippen molar-refractivity contribution in [2.24, 2.45) is 7.05 Å². The van der Waals surface area contributed by atoms with Gasteiger partial charge in [0.15, 0.2) is 0 Å². The summed E-state index contributed by atoms with van der Waals surface area (Å²) in [5.41, 5.74) is 3.89. The molecule has 0 unspecified atom stereocenters. The van der Waals surface area contributed by atoms with E-state index in [0.717, 1.165) is 53.3 Å². The van der Waals surface area contributed by atoms with E-state index in [1.54, 1.807) is 17.7 Å². The minimum absolute atomic E-state index is 0.0993. The molecule has 1 N–H and O–H groups in total. The molecule has 2 aromatic rings. The maximum absolute atomic E-state index is 12.3. The Balaban J connectivity index is 2.54. The molecule has 1 aliphatic rings. The second-order valence-corrected chi connectivity index (χ2v) is 5.21. The first-order valence-corrected chi connectivity index (χ1v) is 6.43. The summed E-state index contributed by atoms with van der Waals surface area (Å²) in [4.78, 5) is 12.3. The van der Waals surface area contributed by atoms with Crippen LogP contribution in [0.25, 0.3) is 10.9 Å². The smallest absolute Gasteiger partial charge is 0.254 e. The van der Waals surface area contributed by atoms with Crippen LogP contribution < -0.4 is 5.56 Å². The molecular weight excluding hydrogens is 226 g/mol. The van der Waals surface area contributed by atoms with Crippen molar-refractivity contribution in [1.29, 1.82) is 0 Å². The molecule has 94 valence electrons. The molecule has 0 bridgehead atoms. The number of phenolic OH excluding ortho intramolecular Hbond substituents is 1. The van der Waals surface area contributed by atoms with E-state index in [9.17, 15) is 9.90 Å². The zero-order valence-electron chi connectivity index (χ0n) is 10.8. The van der Waals surface area contributed by atoms with Crippen LogP contribution >= 0.6 is 0 Å². The van der Waals surface area contributed by atoms with E-state index >= 15 is 0 Å². The molecule has 0 aliphatic heterocycles. The zero-order valence-corrected chi connectivity index (χ0v) is 10.8. The molecule has 3 rings (SSSR count). The minimum atomic E-state index is 0.0993. The number of rotatable bonds is 0. The first-order valence-electron chi connectivity index (χ1n) is 6.43. The molecule has 1 aromatic heterocycles. The summed E-state index contributed by atoms with van der Waals surface area (Å²) in [5, 5.41) is 11.1. The molecule has 0 amide bonds. The van der Waals surface area contributed by atoms with Crippen LogP contribution in [0.5, 0.6) is 5.75 Å². The molecule has 3 heteroatoms. The van der Waals surface area contributed by atoms with Gasteiger partial charge in [-0.05, 0) is 55.9 Å². The Morgan fingerprint density at radius 2 is 1.83 bits per heavy atom. The maximum atomic E-state index is 12.3. The van der Waals surface area contributed by atoms with Crippen LogP contribution in [0.15, 0.2) is 16.9 Å². The van der Waals surface area contributed by atoms with Gasteiger partial charge in [0.1, 0.15) is 5.75 Å². The van der Waals surface area contributed by atoms with Crippen LogP contribution in [-0.4, -0.2) is 9.67 Å². The van der Waals surface area contributed by atoms with Crippen LogP contribution in [0.3, 0.4) is 0 Å². The second kappa shape index (κ2) is 3.87. The predicted octanol–water partition coefficient (Wildman–Crippen LogP) is 2.43. The number of pyridine rings is 1. The number of phenols is 1. The second-order valence-electron chi connectivity index (χ2n) is 5.21. The number of hydrogen-bond acceptors (Lipinski definition) is 2. The molecule has 3 nitrogen and oxygen atoms in total. The molecule has 0 radical (unpaired) electrons. The quantitative estimate of drug-likeness (QED) is 0.772. The number of aromatic nitrogens is 1. The summed E-state index contributed by atoms with van der Waals surface area (Å²) in [6.07, 6.45) is 3.91. The summed E-state index contributed by atoms with van der Waals surface area (Å²) in [6.45, 7) is 1.93. The highest BCUT2D eigenvalue weighted by Crippen LogP contribution is 2.33. The van der Waals surface area contributed by atoms with E-state index in [2.05, 4.69) is 0 Å². The van der Waals surface area contributed by atoms with Gasteiger partial charge in [0.05, 0.1) is 5.52 Å². The van der Waals surface area contributed by atoms with Gasteiger partial charge < -0.3 is 9.67 Å². The fourth-order valence-electron chi connectivity index (χ4n) is 3.05. The molecule has 1 heterocycles. The fraction of sp³-hybridized carbons (Fsp3) is 0.400. The average Bonchev–Trinajstić information content (AvgIpc) is 2.35. The number of aromatic hydroxyl groups is 1. The van der Waals surface area contributed by atoms with Gasteiger partial charge in [0.25, 0.3) is 5.56 Å². The van der Waals surface area contributed by atoms with Crippen molar-refractivity contribution in [3.05, 3.63) is 39.2 Å². The van der Waals surface area contributed by atoms with Gasteiger partial charge in [-0.3, -0.25) is 4.79 Å². The van der Waals surface area contributed by atoms with Crippen LogP contribution in [0.2, 0.25) is 0 Å². The average molecular weight is 243 g/mol. The Hall–Kier alpha value is -1.77. The summed E-state index contributed by atoms with van der Waals surface area (Å²) in [5.74, 6) is 0.304. The highest BCUT2D eigenvalue weighted by Gasteiger charge is 2.20. The molecule has 0 saturated heterocycles. The van der Waals surface area contributed by atoms with Gasteiger partial charge in [-0.1, -0.05) is 0 Å². The van der Waals surface area contributed by atoms with E-state index in [1.807, 2.05) is 13.0 Å². The Morgan fingerprint density at radius 1 is 1.17 bits per heavy atom. The third kappa shape index (κ3) is 1.47. The Kier molecular flexibility index (Phi) is 2.44. The van der Waals surface area contributed by atoms with Crippen molar-refractivity contribution >= 4 is 10.9 Å². The summed E-state index contributed by atoms with van der Waals surface area (Å²) < 4.78 is 1.67. The van der Waals surface area contributed by atoms with Crippen LogP contribution in [-0.2, 0) is 19.9 Å². The van der Waals surface area contributed by atoms with Crippen LogP contribution in [0.4, 0.5) is 0 Å². The van der Waals surface area contributed by atoms with Crippen LogP contribution in [0, 0.1) is 6.92 Å². The van der Waals surface area contributed by atoms with E-state index in [4.69, 9.17) is 0 Å². The van der Waals surface area contributed by atoms with Crippen molar-refractivity contribution in [3.63, 3.8) is 0 Å². The van der Waals surface area contributed by atoms with E-state index in [0.29, 0.717) is 5.75 Å². The Labute approximate surface area is 106 Å². The Bertz CT molecular complexity index is 698. The lowest BCUT2D eigenvalue weighted by molar-refractivity contribution is 0.480. The van der Waals surface area contributed by atoms with Crippen molar-refractivity contribution in [1.82, 2.24) is 4.57 Å². The van der Waals surface area contributed by atoms with Gasteiger partial charge in [0.2, 0.25) is 0 Å². The number of benzene rings is 1. The van der Waals surface area contributed by atoms with E-state index in [-0.39, 0.29) is 5.56 Å². The van der Waals surface area contributed by atoms with Crippen molar-refractivity contribution in [2.75, 3.05) is 0 Å². The molecule has 1 aliphatic carbocycles. The first kappa shape index (κ1) is 11.3. The lowest BCUT2D eigenvalue weighted by Crippen LogP contribution is -2.25.